The summed E-state index contributed by atoms with van der Waals surface area (Å²) in [6.45, 7) is 1.89. The zero-order chi connectivity index (χ0) is 17.9. The van der Waals surface area contributed by atoms with E-state index in [1.807, 2.05) is 41.9 Å². The largest absolute Gasteiger partial charge is 0.452 e. The molecule has 0 N–H and O–H groups in total. The van der Waals surface area contributed by atoms with Gasteiger partial charge in [-0.05, 0) is 48.7 Å². The third-order valence-electron chi connectivity index (χ3n) is 3.75. The van der Waals surface area contributed by atoms with Crippen molar-refractivity contribution in [1.29, 1.82) is 0 Å². The molecule has 8 heteroatoms. The number of aromatic nitrogens is 4. The van der Waals surface area contributed by atoms with Gasteiger partial charge in [-0.25, -0.2) is 9.48 Å². The van der Waals surface area contributed by atoms with Crippen LogP contribution in [0.4, 0.5) is 0 Å². The number of esters is 1. The molecular weight excluding hydrogens is 352 g/mol. The maximum atomic E-state index is 12.2. The summed E-state index contributed by atoms with van der Waals surface area (Å²) in [5.74, 6) is 0.281. The lowest BCUT2D eigenvalue weighted by Crippen LogP contribution is -2.06. The van der Waals surface area contributed by atoms with E-state index in [1.54, 1.807) is 34.3 Å². The number of carbonyl (C=O) groups excluding carboxylic acids is 1. The van der Waals surface area contributed by atoms with E-state index in [0.717, 1.165) is 16.9 Å². The second-order valence-electron chi connectivity index (χ2n) is 5.53. The highest BCUT2D eigenvalue weighted by atomic mass is 32.1. The van der Waals surface area contributed by atoms with Gasteiger partial charge in [0.25, 0.3) is 5.89 Å². The first-order valence-electron chi connectivity index (χ1n) is 7.84. The minimum Gasteiger partial charge on any atom is -0.452 e. The Morgan fingerprint density at radius 2 is 2.08 bits per heavy atom. The molecule has 26 heavy (non-hydrogen) atoms. The molecule has 4 rings (SSSR count). The van der Waals surface area contributed by atoms with Gasteiger partial charge in [0.1, 0.15) is 0 Å². The summed E-state index contributed by atoms with van der Waals surface area (Å²) in [5, 5.41) is 12.0. The Morgan fingerprint density at radius 3 is 2.77 bits per heavy atom. The van der Waals surface area contributed by atoms with Crippen LogP contribution in [0.2, 0.25) is 0 Å². The number of carbonyl (C=O) groups is 1. The summed E-state index contributed by atoms with van der Waals surface area (Å²) in [7, 11) is 0. The average Bonchev–Trinajstić information content (AvgIpc) is 3.41. The van der Waals surface area contributed by atoms with Crippen molar-refractivity contribution < 1.29 is 14.1 Å². The van der Waals surface area contributed by atoms with E-state index in [1.165, 1.54) is 0 Å². The number of thiophene rings is 1. The number of benzene rings is 1. The fraction of sp³-hybridized carbons (Fsp3) is 0.111. The number of aryl methyl sites for hydroxylation is 1. The fourth-order valence-corrected chi connectivity index (χ4v) is 3.05. The van der Waals surface area contributed by atoms with Gasteiger partial charge in [0.15, 0.2) is 6.61 Å². The molecule has 3 heterocycles. The van der Waals surface area contributed by atoms with Crippen LogP contribution in [0, 0.1) is 6.92 Å². The smallest absolute Gasteiger partial charge is 0.338 e. The Hall–Kier alpha value is -3.26. The predicted octanol–water partition coefficient (Wildman–Crippen LogP) is 3.65. The van der Waals surface area contributed by atoms with E-state index in [2.05, 4.69) is 15.2 Å². The van der Waals surface area contributed by atoms with Crippen molar-refractivity contribution in [3.05, 3.63) is 70.5 Å². The summed E-state index contributed by atoms with van der Waals surface area (Å²) < 4.78 is 12.1. The van der Waals surface area contributed by atoms with Gasteiger partial charge in [0.2, 0.25) is 5.82 Å². The Kier molecular flexibility index (Phi) is 4.32. The van der Waals surface area contributed by atoms with E-state index >= 15 is 0 Å². The molecule has 4 aromatic rings. The van der Waals surface area contributed by atoms with Gasteiger partial charge in [0.05, 0.1) is 11.3 Å². The number of hydrogen-bond donors (Lipinski definition) is 0. The van der Waals surface area contributed by atoms with E-state index in [9.17, 15) is 4.79 Å². The average molecular weight is 366 g/mol. The van der Waals surface area contributed by atoms with Crippen molar-refractivity contribution in [3.8, 4) is 17.1 Å². The summed E-state index contributed by atoms with van der Waals surface area (Å²) in [6.07, 6.45) is 1.73. The highest BCUT2D eigenvalue weighted by Gasteiger charge is 2.13. The second-order valence-corrected chi connectivity index (χ2v) is 6.31. The number of rotatable bonds is 5. The van der Waals surface area contributed by atoms with Crippen LogP contribution < -0.4 is 0 Å². The number of hydrogen-bond acceptors (Lipinski definition) is 7. The summed E-state index contributed by atoms with van der Waals surface area (Å²) in [6, 6.07) is 10.8. The van der Waals surface area contributed by atoms with Crippen LogP contribution in [-0.4, -0.2) is 25.9 Å². The highest BCUT2D eigenvalue weighted by molar-refractivity contribution is 7.08. The third kappa shape index (κ3) is 3.27. The molecule has 0 aliphatic rings. The van der Waals surface area contributed by atoms with Crippen LogP contribution in [0.25, 0.3) is 17.1 Å². The van der Waals surface area contributed by atoms with E-state index in [0.29, 0.717) is 11.4 Å². The van der Waals surface area contributed by atoms with Gasteiger partial charge in [-0.2, -0.15) is 21.4 Å². The molecule has 130 valence electrons. The topological polar surface area (TPSA) is 83.0 Å². The van der Waals surface area contributed by atoms with Crippen LogP contribution in [-0.2, 0) is 11.3 Å². The molecule has 0 bridgehead atoms. The molecule has 7 nitrogen and oxygen atoms in total. The van der Waals surface area contributed by atoms with E-state index < -0.39 is 5.97 Å². The van der Waals surface area contributed by atoms with Crippen LogP contribution in [0.15, 0.2) is 57.9 Å². The lowest BCUT2D eigenvalue weighted by atomic mass is 10.2. The van der Waals surface area contributed by atoms with Crippen molar-refractivity contribution in [1.82, 2.24) is 19.9 Å². The zero-order valence-corrected chi connectivity index (χ0v) is 14.6. The lowest BCUT2D eigenvalue weighted by molar-refractivity contribution is 0.0430. The Morgan fingerprint density at radius 1 is 1.23 bits per heavy atom. The van der Waals surface area contributed by atoms with Crippen LogP contribution in [0.5, 0.6) is 0 Å². The van der Waals surface area contributed by atoms with E-state index in [-0.39, 0.29) is 12.5 Å². The van der Waals surface area contributed by atoms with Crippen molar-refractivity contribution >= 4 is 17.3 Å². The Labute approximate surface area is 152 Å². The quantitative estimate of drug-likeness (QED) is 0.501. The Balaban J connectivity index is 1.40. The SMILES string of the molecule is Cc1ccnn1-c1ccc(C(=O)OCc2nc(-c3ccsc3)no2)cc1. The molecule has 0 aliphatic heterocycles. The van der Waals surface area contributed by atoms with Crippen LogP contribution in [0.3, 0.4) is 0 Å². The van der Waals surface area contributed by atoms with Gasteiger partial charge in [0, 0.05) is 22.8 Å². The fourth-order valence-electron chi connectivity index (χ4n) is 2.41. The first-order valence-corrected chi connectivity index (χ1v) is 8.78. The first-order chi connectivity index (χ1) is 12.7. The molecule has 0 saturated heterocycles. The van der Waals surface area contributed by atoms with Crippen molar-refractivity contribution in [2.24, 2.45) is 0 Å². The van der Waals surface area contributed by atoms with Crippen LogP contribution >= 0.6 is 11.3 Å². The molecule has 0 amide bonds. The highest BCUT2D eigenvalue weighted by Crippen LogP contribution is 2.19. The van der Waals surface area contributed by atoms with Gasteiger partial charge in [-0.3, -0.25) is 0 Å². The summed E-state index contributed by atoms with van der Waals surface area (Å²) in [5.41, 5.74) is 3.21. The van der Waals surface area contributed by atoms with Crippen molar-refractivity contribution in [2.45, 2.75) is 13.5 Å². The molecule has 0 unspecified atom stereocenters. The summed E-state index contributed by atoms with van der Waals surface area (Å²) >= 11 is 1.55. The number of ether oxygens (including phenoxy) is 1. The molecular formula is C18H14N4O3S. The van der Waals surface area contributed by atoms with Crippen molar-refractivity contribution in [3.63, 3.8) is 0 Å². The summed E-state index contributed by atoms with van der Waals surface area (Å²) in [4.78, 5) is 16.4. The monoisotopic (exact) mass is 366 g/mol. The molecule has 3 aromatic heterocycles. The third-order valence-corrected chi connectivity index (χ3v) is 4.44. The maximum Gasteiger partial charge on any atom is 0.338 e. The maximum absolute atomic E-state index is 12.2. The molecule has 0 spiro atoms. The second kappa shape index (κ2) is 6.93. The van der Waals surface area contributed by atoms with Gasteiger partial charge >= 0.3 is 5.97 Å². The molecule has 0 aliphatic carbocycles. The predicted molar refractivity (Wildman–Crippen MR) is 95.0 cm³/mol. The number of nitrogens with zero attached hydrogens (tertiary/aromatic N) is 4. The minimum absolute atomic E-state index is 0.0734. The van der Waals surface area contributed by atoms with Gasteiger partial charge < -0.3 is 9.26 Å². The molecule has 0 atom stereocenters. The molecule has 1 aromatic carbocycles. The minimum atomic E-state index is -0.455. The standard InChI is InChI=1S/C18H14N4O3S/c1-12-6-8-19-22(12)15-4-2-13(3-5-15)18(23)24-10-16-20-17(21-25-16)14-7-9-26-11-14/h2-9,11H,10H2,1H3. The Bertz CT molecular complexity index is 1020. The first kappa shape index (κ1) is 16.2. The zero-order valence-electron chi connectivity index (χ0n) is 13.8. The van der Waals surface area contributed by atoms with Crippen LogP contribution in [0.1, 0.15) is 21.9 Å². The van der Waals surface area contributed by atoms with E-state index in [4.69, 9.17) is 9.26 Å². The lowest BCUT2D eigenvalue weighted by Gasteiger charge is -2.06. The molecule has 0 saturated carbocycles. The van der Waals surface area contributed by atoms with Crippen molar-refractivity contribution in [2.75, 3.05) is 0 Å². The normalized spacial score (nSPS) is 10.8. The molecule has 0 radical (unpaired) electrons. The van der Waals surface area contributed by atoms with Gasteiger partial charge in [-0.15, -0.1) is 0 Å². The molecule has 0 fully saturated rings. The van der Waals surface area contributed by atoms with Gasteiger partial charge in [-0.1, -0.05) is 5.16 Å².